The van der Waals surface area contributed by atoms with Crippen LogP contribution in [0.25, 0.3) is 0 Å². The number of nitrogens with two attached hydrogens (primary N) is 1. The Labute approximate surface area is 133 Å². The van der Waals surface area contributed by atoms with Crippen LogP contribution in [-0.2, 0) is 6.42 Å². The highest BCUT2D eigenvalue weighted by Crippen LogP contribution is 2.19. The fraction of sp³-hybridized carbons (Fsp3) is 0.400. The van der Waals surface area contributed by atoms with Gasteiger partial charge in [0, 0.05) is 22.2 Å². The van der Waals surface area contributed by atoms with E-state index in [1.807, 2.05) is 10.9 Å². The van der Waals surface area contributed by atoms with Gasteiger partial charge in [0.2, 0.25) is 0 Å². The van der Waals surface area contributed by atoms with Crippen molar-refractivity contribution in [2.45, 2.75) is 38.8 Å². The van der Waals surface area contributed by atoms with E-state index in [0.29, 0.717) is 6.04 Å². The topological polar surface area (TPSA) is 55.9 Å². The Bertz CT molecular complexity index is 535. The average molecular weight is 384 g/mol. The van der Waals surface area contributed by atoms with E-state index in [4.69, 9.17) is 5.84 Å². The monoisotopic (exact) mass is 384 g/mol. The molecule has 0 bridgehead atoms. The van der Waals surface area contributed by atoms with E-state index in [-0.39, 0.29) is 6.04 Å². The molecule has 0 saturated heterocycles. The summed E-state index contributed by atoms with van der Waals surface area (Å²) >= 11 is 2.30. The van der Waals surface area contributed by atoms with Crippen LogP contribution in [0.2, 0.25) is 0 Å². The van der Waals surface area contributed by atoms with Crippen molar-refractivity contribution in [1.82, 2.24) is 15.2 Å². The number of rotatable bonds is 6. The maximum absolute atomic E-state index is 5.70. The molecule has 1 aromatic carbocycles. The van der Waals surface area contributed by atoms with E-state index in [9.17, 15) is 0 Å². The Morgan fingerprint density at radius 2 is 2.00 bits per heavy atom. The van der Waals surface area contributed by atoms with Crippen LogP contribution in [0, 0.1) is 3.57 Å². The number of nitrogens with zero attached hydrogens (tertiary/aromatic N) is 2. The Hall–Kier alpha value is -0.920. The SMILES string of the molecule is CCC(C)n1ccc(CC(NN)c2ccc(I)cc2)n1. The minimum Gasteiger partial charge on any atom is -0.271 e. The molecule has 1 heterocycles. The van der Waals surface area contributed by atoms with Gasteiger partial charge in [-0.05, 0) is 59.7 Å². The summed E-state index contributed by atoms with van der Waals surface area (Å²) in [6.45, 7) is 4.34. The molecule has 2 aromatic rings. The molecule has 0 fully saturated rings. The van der Waals surface area contributed by atoms with Crippen LogP contribution in [0.4, 0.5) is 0 Å². The summed E-state index contributed by atoms with van der Waals surface area (Å²) in [5, 5.41) is 4.63. The van der Waals surface area contributed by atoms with Gasteiger partial charge < -0.3 is 0 Å². The third kappa shape index (κ3) is 3.80. The van der Waals surface area contributed by atoms with Crippen LogP contribution in [0.5, 0.6) is 0 Å². The third-order valence-corrected chi connectivity index (χ3v) is 4.31. The zero-order chi connectivity index (χ0) is 14.5. The Kier molecular flexibility index (Phi) is 5.56. The fourth-order valence-corrected chi connectivity index (χ4v) is 2.46. The summed E-state index contributed by atoms with van der Waals surface area (Å²) < 4.78 is 3.25. The molecule has 0 saturated carbocycles. The number of hydrazine groups is 1. The molecule has 20 heavy (non-hydrogen) atoms. The normalized spacial score (nSPS) is 14.2. The maximum Gasteiger partial charge on any atom is 0.0644 e. The Morgan fingerprint density at radius 3 is 2.60 bits per heavy atom. The van der Waals surface area contributed by atoms with Crippen LogP contribution < -0.4 is 11.3 Å². The molecule has 2 atom stereocenters. The van der Waals surface area contributed by atoms with Gasteiger partial charge in [0.1, 0.15) is 0 Å². The predicted octanol–water partition coefficient (Wildman–Crippen LogP) is 3.21. The molecule has 0 amide bonds. The van der Waals surface area contributed by atoms with Gasteiger partial charge in [-0.15, -0.1) is 0 Å². The van der Waals surface area contributed by atoms with Crippen LogP contribution in [0.3, 0.4) is 0 Å². The molecular formula is C15H21IN4. The van der Waals surface area contributed by atoms with E-state index < -0.39 is 0 Å². The molecule has 3 N–H and O–H groups in total. The Balaban J connectivity index is 2.10. The second kappa shape index (κ2) is 7.19. The van der Waals surface area contributed by atoms with E-state index in [2.05, 4.69) is 77.3 Å². The van der Waals surface area contributed by atoms with Gasteiger partial charge in [0.05, 0.1) is 11.7 Å². The summed E-state index contributed by atoms with van der Waals surface area (Å²) in [5.74, 6) is 5.70. The quantitative estimate of drug-likeness (QED) is 0.457. The molecule has 2 unspecified atom stereocenters. The first-order chi connectivity index (χ1) is 9.63. The average Bonchev–Trinajstić information content (AvgIpc) is 2.93. The van der Waals surface area contributed by atoms with E-state index in [1.165, 1.54) is 9.13 Å². The molecule has 0 radical (unpaired) electrons. The van der Waals surface area contributed by atoms with Crippen molar-refractivity contribution >= 4 is 22.6 Å². The number of benzene rings is 1. The number of nitrogens with one attached hydrogen (secondary N) is 1. The summed E-state index contributed by atoms with van der Waals surface area (Å²) in [7, 11) is 0. The zero-order valence-electron chi connectivity index (χ0n) is 11.9. The van der Waals surface area contributed by atoms with Gasteiger partial charge in [-0.3, -0.25) is 16.0 Å². The minimum absolute atomic E-state index is 0.0901. The van der Waals surface area contributed by atoms with Crippen molar-refractivity contribution in [3.8, 4) is 0 Å². The molecular weight excluding hydrogens is 363 g/mol. The molecule has 0 aliphatic rings. The van der Waals surface area contributed by atoms with Crippen LogP contribution in [-0.4, -0.2) is 9.78 Å². The fourth-order valence-electron chi connectivity index (χ4n) is 2.10. The molecule has 108 valence electrons. The first-order valence-corrected chi connectivity index (χ1v) is 7.97. The molecule has 0 spiro atoms. The van der Waals surface area contributed by atoms with Crippen molar-refractivity contribution in [3.05, 3.63) is 51.4 Å². The van der Waals surface area contributed by atoms with Gasteiger partial charge in [-0.2, -0.15) is 5.10 Å². The van der Waals surface area contributed by atoms with Gasteiger partial charge in [-0.1, -0.05) is 19.1 Å². The lowest BCUT2D eigenvalue weighted by molar-refractivity contribution is 0.467. The first-order valence-electron chi connectivity index (χ1n) is 6.89. The smallest absolute Gasteiger partial charge is 0.0644 e. The van der Waals surface area contributed by atoms with E-state index in [0.717, 1.165) is 18.5 Å². The highest BCUT2D eigenvalue weighted by atomic mass is 127. The number of halogens is 1. The standard InChI is InChI=1S/C15H21IN4/c1-3-11(2)20-9-8-14(19-20)10-15(18-17)12-4-6-13(16)7-5-12/h4-9,11,15,18H,3,10,17H2,1-2H3. The summed E-state index contributed by atoms with van der Waals surface area (Å²) in [5.41, 5.74) is 5.14. The second-order valence-electron chi connectivity index (χ2n) is 5.02. The summed E-state index contributed by atoms with van der Waals surface area (Å²) in [6, 6.07) is 11.0. The first kappa shape index (κ1) is 15.5. The molecule has 0 aliphatic carbocycles. The Morgan fingerprint density at radius 1 is 1.30 bits per heavy atom. The largest absolute Gasteiger partial charge is 0.271 e. The molecule has 4 nitrogen and oxygen atoms in total. The van der Waals surface area contributed by atoms with Crippen LogP contribution in [0.15, 0.2) is 36.5 Å². The predicted molar refractivity (Wildman–Crippen MR) is 90.2 cm³/mol. The second-order valence-corrected chi connectivity index (χ2v) is 6.26. The van der Waals surface area contributed by atoms with Gasteiger partial charge >= 0.3 is 0 Å². The van der Waals surface area contributed by atoms with Crippen molar-refractivity contribution < 1.29 is 0 Å². The molecule has 2 rings (SSSR count). The van der Waals surface area contributed by atoms with E-state index >= 15 is 0 Å². The number of aromatic nitrogens is 2. The van der Waals surface area contributed by atoms with Crippen LogP contribution >= 0.6 is 22.6 Å². The summed E-state index contributed by atoms with van der Waals surface area (Å²) in [6.07, 6.45) is 3.92. The number of hydrogen-bond donors (Lipinski definition) is 2. The highest BCUT2D eigenvalue weighted by Gasteiger charge is 2.13. The van der Waals surface area contributed by atoms with Gasteiger partial charge in [0.25, 0.3) is 0 Å². The molecule has 5 heteroatoms. The molecule has 0 aliphatic heterocycles. The molecule has 1 aromatic heterocycles. The summed E-state index contributed by atoms with van der Waals surface area (Å²) in [4.78, 5) is 0. The minimum atomic E-state index is 0.0901. The lowest BCUT2D eigenvalue weighted by Crippen LogP contribution is -2.29. The van der Waals surface area contributed by atoms with Crippen molar-refractivity contribution in [1.29, 1.82) is 0 Å². The lowest BCUT2D eigenvalue weighted by Gasteiger charge is -2.15. The van der Waals surface area contributed by atoms with Crippen LogP contribution in [0.1, 0.15) is 43.6 Å². The van der Waals surface area contributed by atoms with Crippen molar-refractivity contribution in [2.24, 2.45) is 5.84 Å². The third-order valence-electron chi connectivity index (χ3n) is 3.59. The highest BCUT2D eigenvalue weighted by molar-refractivity contribution is 14.1. The maximum atomic E-state index is 5.70. The lowest BCUT2D eigenvalue weighted by atomic mass is 10.0. The van der Waals surface area contributed by atoms with Gasteiger partial charge in [-0.25, -0.2) is 0 Å². The van der Waals surface area contributed by atoms with E-state index in [1.54, 1.807) is 0 Å². The van der Waals surface area contributed by atoms with Crippen molar-refractivity contribution in [3.63, 3.8) is 0 Å². The zero-order valence-corrected chi connectivity index (χ0v) is 14.0. The van der Waals surface area contributed by atoms with Gasteiger partial charge in [0.15, 0.2) is 0 Å². The van der Waals surface area contributed by atoms with Crippen molar-refractivity contribution in [2.75, 3.05) is 0 Å². The number of hydrogen-bond acceptors (Lipinski definition) is 3.